The molecule has 0 aliphatic carbocycles. The first-order valence-electron chi connectivity index (χ1n) is 6.29. The largest absolute Gasteiger partial charge is 0.373 e. The highest BCUT2D eigenvalue weighted by Gasteiger charge is 2.22. The molecule has 0 fully saturated rings. The van der Waals surface area contributed by atoms with Crippen LogP contribution in [0.15, 0.2) is 22.7 Å². The Hall–Kier alpha value is -1.10. The molecule has 1 unspecified atom stereocenters. The molecule has 1 aromatic carbocycles. The highest BCUT2D eigenvalue weighted by molar-refractivity contribution is 9.10. The number of anilines is 1. The van der Waals surface area contributed by atoms with Crippen molar-refractivity contribution in [3.8, 4) is 0 Å². The molecule has 1 amide bonds. The van der Waals surface area contributed by atoms with Crippen molar-refractivity contribution in [3.63, 3.8) is 0 Å². The van der Waals surface area contributed by atoms with Gasteiger partial charge < -0.3 is 10.6 Å². The number of amides is 1. The minimum Gasteiger partial charge on any atom is -0.373 e. The summed E-state index contributed by atoms with van der Waals surface area (Å²) >= 11 is 3.27. The standard InChI is InChI=1S/C14H20BrFN2O/c1-5-14(3,4)18-13(19)9(2)17-12-7-6-10(16)8-11(12)15/h6-9,17H,5H2,1-4H3,(H,18,19). The van der Waals surface area contributed by atoms with Crippen LogP contribution in [0.4, 0.5) is 10.1 Å². The van der Waals surface area contributed by atoms with Gasteiger partial charge in [-0.25, -0.2) is 4.39 Å². The van der Waals surface area contributed by atoms with Crippen LogP contribution in [0.25, 0.3) is 0 Å². The number of hydrogen-bond donors (Lipinski definition) is 2. The van der Waals surface area contributed by atoms with Crippen molar-refractivity contribution in [2.24, 2.45) is 0 Å². The van der Waals surface area contributed by atoms with Gasteiger partial charge >= 0.3 is 0 Å². The SMILES string of the molecule is CCC(C)(C)NC(=O)C(C)Nc1ccc(F)cc1Br. The molecule has 0 heterocycles. The molecule has 0 radical (unpaired) electrons. The second-order valence-electron chi connectivity index (χ2n) is 5.22. The van der Waals surface area contributed by atoms with Crippen molar-refractivity contribution in [3.05, 3.63) is 28.5 Å². The predicted molar refractivity (Wildman–Crippen MR) is 79.7 cm³/mol. The maximum absolute atomic E-state index is 13.0. The topological polar surface area (TPSA) is 41.1 Å². The van der Waals surface area contributed by atoms with Crippen LogP contribution in [0, 0.1) is 5.82 Å². The van der Waals surface area contributed by atoms with Gasteiger partial charge in [-0.1, -0.05) is 6.92 Å². The zero-order valence-corrected chi connectivity index (χ0v) is 13.3. The van der Waals surface area contributed by atoms with Crippen LogP contribution in [0.1, 0.15) is 34.1 Å². The minimum absolute atomic E-state index is 0.0805. The first-order chi connectivity index (χ1) is 8.75. The molecule has 0 aliphatic heterocycles. The van der Waals surface area contributed by atoms with Crippen molar-refractivity contribution in [2.45, 2.75) is 45.7 Å². The summed E-state index contributed by atoms with van der Waals surface area (Å²) < 4.78 is 13.6. The Bertz CT molecular complexity index is 463. The van der Waals surface area contributed by atoms with Crippen molar-refractivity contribution in [2.75, 3.05) is 5.32 Å². The number of halogens is 2. The fourth-order valence-corrected chi connectivity index (χ4v) is 1.90. The molecule has 0 saturated heterocycles. The van der Waals surface area contributed by atoms with Gasteiger partial charge in [0, 0.05) is 15.7 Å². The lowest BCUT2D eigenvalue weighted by Crippen LogP contribution is -2.48. The Kier molecular flexibility index (Phi) is 5.35. The van der Waals surface area contributed by atoms with Gasteiger partial charge in [0.1, 0.15) is 11.9 Å². The summed E-state index contributed by atoms with van der Waals surface area (Å²) in [6.07, 6.45) is 0.853. The Balaban J connectivity index is 2.69. The fraction of sp³-hybridized carbons (Fsp3) is 0.500. The van der Waals surface area contributed by atoms with Crippen LogP contribution in [0.5, 0.6) is 0 Å². The van der Waals surface area contributed by atoms with Gasteiger partial charge in [-0.15, -0.1) is 0 Å². The van der Waals surface area contributed by atoms with E-state index in [4.69, 9.17) is 0 Å². The molecule has 1 rings (SSSR count). The van der Waals surface area contributed by atoms with E-state index in [-0.39, 0.29) is 17.3 Å². The first-order valence-corrected chi connectivity index (χ1v) is 7.08. The third kappa shape index (κ3) is 4.82. The molecule has 1 atom stereocenters. The maximum Gasteiger partial charge on any atom is 0.242 e. The summed E-state index contributed by atoms with van der Waals surface area (Å²) in [5, 5.41) is 6.02. The van der Waals surface area contributed by atoms with E-state index in [2.05, 4.69) is 26.6 Å². The quantitative estimate of drug-likeness (QED) is 0.864. The van der Waals surface area contributed by atoms with E-state index < -0.39 is 6.04 Å². The summed E-state index contributed by atoms with van der Waals surface area (Å²) in [7, 11) is 0. The van der Waals surface area contributed by atoms with Gasteiger partial charge in [0.05, 0.1) is 0 Å². The molecule has 2 N–H and O–H groups in total. The third-order valence-corrected chi connectivity index (χ3v) is 3.70. The van der Waals surface area contributed by atoms with Crippen molar-refractivity contribution < 1.29 is 9.18 Å². The molecule has 5 heteroatoms. The van der Waals surface area contributed by atoms with Crippen molar-refractivity contribution in [1.29, 1.82) is 0 Å². The van der Waals surface area contributed by atoms with Crippen LogP contribution in [-0.4, -0.2) is 17.5 Å². The highest BCUT2D eigenvalue weighted by Crippen LogP contribution is 2.23. The van der Waals surface area contributed by atoms with Gasteiger partial charge in [-0.3, -0.25) is 4.79 Å². The number of nitrogens with one attached hydrogen (secondary N) is 2. The third-order valence-electron chi connectivity index (χ3n) is 3.04. The van der Waals surface area contributed by atoms with Gasteiger partial charge in [-0.05, 0) is 61.3 Å². The molecule has 0 aromatic heterocycles. The van der Waals surface area contributed by atoms with Gasteiger partial charge in [0.15, 0.2) is 0 Å². The highest BCUT2D eigenvalue weighted by atomic mass is 79.9. The molecule has 19 heavy (non-hydrogen) atoms. The second kappa shape index (κ2) is 6.37. The predicted octanol–water partition coefficient (Wildman–Crippen LogP) is 3.69. The number of rotatable bonds is 5. The van der Waals surface area contributed by atoms with Gasteiger partial charge in [0.25, 0.3) is 0 Å². The monoisotopic (exact) mass is 330 g/mol. The Morgan fingerprint density at radius 1 is 1.47 bits per heavy atom. The van der Waals surface area contributed by atoms with Gasteiger partial charge in [-0.2, -0.15) is 0 Å². The average Bonchev–Trinajstić information content (AvgIpc) is 2.32. The summed E-state index contributed by atoms with van der Waals surface area (Å²) in [6, 6.07) is 3.93. The van der Waals surface area contributed by atoms with E-state index >= 15 is 0 Å². The van der Waals surface area contributed by atoms with E-state index in [1.54, 1.807) is 13.0 Å². The molecule has 0 bridgehead atoms. The molecule has 3 nitrogen and oxygen atoms in total. The number of carbonyl (C=O) groups is 1. The summed E-state index contributed by atoms with van der Waals surface area (Å²) in [4.78, 5) is 12.0. The minimum atomic E-state index is -0.396. The van der Waals surface area contributed by atoms with E-state index in [9.17, 15) is 9.18 Å². The molecule has 0 spiro atoms. The number of hydrogen-bond acceptors (Lipinski definition) is 2. The molecular weight excluding hydrogens is 311 g/mol. The lowest BCUT2D eigenvalue weighted by Gasteiger charge is -2.27. The molecular formula is C14H20BrFN2O. The van der Waals surface area contributed by atoms with Gasteiger partial charge in [0.2, 0.25) is 5.91 Å². The smallest absolute Gasteiger partial charge is 0.242 e. The molecule has 0 saturated carbocycles. The van der Waals surface area contributed by atoms with Crippen molar-refractivity contribution >= 4 is 27.5 Å². The Morgan fingerprint density at radius 2 is 2.11 bits per heavy atom. The fourth-order valence-electron chi connectivity index (χ4n) is 1.44. The summed E-state index contributed by atoms with van der Waals surface area (Å²) in [5.74, 6) is -0.398. The first kappa shape index (κ1) is 16.0. The maximum atomic E-state index is 13.0. The Labute approximate surface area is 122 Å². The van der Waals surface area contributed by atoms with E-state index in [0.29, 0.717) is 10.2 Å². The summed E-state index contributed by atoms with van der Waals surface area (Å²) in [6.45, 7) is 7.75. The van der Waals surface area contributed by atoms with E-state index in [0.717, 1.165) is 6.42 Å². The normalized spacial score (nSPS) is 12.9. The zero-order chi connectivity index (χ0) is 14.6. The molecule has 0 aliphatic rings. The van der Waals surface area contributed by atoms with Crippen LogP contribution in [0.2, 0.25) is 0 Å². The van der Waals surface area contributed by atoms with Crippen LogP contribution >= 0.6 is 15.9 Å². The second-order valence-corrected chi connectivity index (χ2v) is 6.07. The number of carbonyl (C=O) groups excluding carboxylic acids is 1. The zero-order valence-electron chi connectivity index (χ0n) is 11.7. The lowest BCUT2D eigenvalue weighted by atomic mass is 10.0. The average molecular weight is 331 g/mol. The number of benzene rings is 1. The van der Waals surface area contributed by atoms with Crippen LogP contribution < -0.4 is 10.6 Å². The van der Waals surface area contributed by atoms with E-state index in [1.807, 2.05) is 20.8 Å². The molecule has 106 valence electrons. The van der Waals surface area contributed by atoms with Crippen LogP contribution in [0.3, 0.4) is 0 Å². The lowest BCUT2D eigenvalue weighted by molar-refractivity contribution is -0.123. The molecule has 1 aromatic rings. The van der Waals surface area contributed by atoms with E-state index in [1.165, 1.54) is 12.1 Å². The van der Waals surface area contributed by atoms with Crippen LogP contribution in [-0.2, 0) is 4.79 Å². The summed E-state index contributed by atoms with van der Waals surface area (Å²) in [5.41, 5.74) is 0.464. The van der Waals surface area contributed by atoms with Crippen molar-refractivity contribution in [1.82, 2.24) is 5.32 Å². The Morgan fingerprint density at radius 3 is 2.63 bits per heavy atom.